The first-order valence-corrected chi connectivity index (χ1v) is 6.54. The van der Waals surface area contributed by atoms with E-state index in [2.05, 4.69) is 4.98 Å². The molecule has 0 radical (unpaired) electrons. The number of ketones is 1. The summed E-state index contributed by atoms with van der Waals surface area (Å²) in [5.41, 5.74) is 2.50. The van der Waals surface area contributed by atoms with Crippen LogP contribution in [0, 0.1) is 6.92 Å². The molecule has 0 atom stereocenters. The molecule has 0 aliphatic carbocycles. The molecule has 2 heterocycles. The Morgan fingerprint density at radius 2 is 1.95 bits per heavy atom. The number of para-hydroxylation sites is 1. The van der Waals surface area contributed by atoms with Gasteiger partial charge in [-0.05, 0) is 31.2 Å². The van der Waals surface area contributed by atoms with Gasteiger partial charge in [0.1, 0.15) is 5.69 Å². The van der Waals surface area contributed by atoms with Gasteiger partial charge in [0.05, 0.1) is 5.69 Å². The summed E-state index contributed by atoms with van der Waals surface area (Å²) in [5.74, 6) is -0.0736. The molecule has 0 fully saturated rings. The lowest BCUT2D eigenvalue weighted by Gasteiger charge is -2.28. The lowest BCUT2D eigenvalue weighted by atomic mass is 10.00. The zero-order chi connectivity index (χ0) is 14.1. The molecule has 1 aromatic carbocycles. The molecule has 20 heavy (non-hydrogen) atoms. The number of carbonyl (C=O) groups is 2. The van der Waals surface area contributed by atoms with Crippen molar-refractivity contribution in [2.45, 2.75) is 13.3 Å². The van der Waals surface area contributed by atoms with Crippen molar-refractivity contribution in [3.63, 3.8) is 0 Å². The monoisotopic (exact) mass is 266 g/mol. The van der Waals surface area contributed by atoms with Gasteiger partial charge in [-0.2, -0.15) is 0 Å². The fraction of sp³-hybridized carbons (Fsp3) is 0.188. The fourth-order valence-corrected chi connectivity index (χ4v) is 2.42. The number of aromatic nitrogens is 1. The van der Waals surface area contributed by atoms with E-state index in [1.165, 1.54) is 0 Å². The third kappa shape index (κ3) is 2.09. The van der Waals surface area contributed by atoms with Crippen LogP contribution < -0.4 is 4.90 Å². The summed E-state index contributed by atoms with van der Waals surface area (Å²) in [7, 11) is 0. The minimum atomic E-state index is -0.159. The average Bonchev–Trinajstić information content (AvgIpc) is 2.47. The van der Waals surface area contributed by atoms with E-state index >= 15 is 0 Å². The molecule has 0 saturated carbocycles. The zero-order valence-corrected chi connectivity index (χ0v) is 11.2. The first-order valence-electron chi connectivity index (χ1n) is 6.54. The Morgan fingerprint density at radius 3 is 2.75 bits per heavy atom. The van der Waals surface area contributed by atoms with E-state index in [1.54, 1.807) is 23.1 Å². The predicted molar refractivity (Wildman–Crippen MR) is 76.0 cm³/mol. The third-order valence-electron chi connectivity index (χ3n) is 3.41. The first kappa shape index (κ1) is 12.5. The van der Waals surface area contributed by atoms with E-state index in [-0.39, 0.29) is 11.7 Å². The van der Waals surface area contributed by atoms with Crippen LogP contribution in [0.4, 0.5) is 5.69 Å². The molecule has 1 aliphatic heterocycles. The number of Topliss-reactive ketones (excluding diaryl/α,β-unsaturated/α-hetero) is 1. The van der Waals surface area contributed by atoms with E-state index in [4.69, 9.17) is 0 Å². The molecule has 0 spiro atoms. The van der Waals surface area contributed by atoms with E-state index in [0.717, 1.165) is 5.69 Å². The predicted octanol–water partition coefficient (Wildman–Crippen LogP) is 2.62. The molecule has 2 aromatic rings. The van der Waals surface area contributed by atoms with Gasteiger partial charge in [-0.25, -0.2) is 4.98 Å². The number of anilines is 1. The number of aryl methyl sites for hydroxylation is 1. The molecule has 0 N–H and O–H groups in total. The second kappa shape index (κ2) is 4.89. The maximum atomic E-state index is 12.6. The zero-order valence-electron chi connectivity index (χ0n) is 11.2. The van der Waals surface area contributed by atoms with E-state index in [1.807, 2.05) is 31.2 Å². The smallest absolute Gasteiger partial charge is 0.276 e. The third-order valence-corrected chi connectivity index (χ3v) is 3.41. The minimum absolute atomic E-state index is 0.0850. The van der Waals surface area contributed by atoms with E-state index in [0.29, 0.717) is 29.9 Å². The van der Waals surface area contributed by atoms with Crippen LogP contribution in [0.2, 0.25) is 0 Å². The number of amides is 1. The van der Waals surface area contributed by atoms with Gasteiger partial charge < -0.3 is 4.90 Å². The van der Waals surface area contributed by atoms with Crippen molar-refractivity contribution < 1.29 is 9.59 Å². The Morgan fingerprint density at radius 1 is 1.15 bits per heavy atom. The van der Waals surface area contributed by atoms with Crippen LogP contribution >= 0.6 is 0 Å². The molecule has 1 amide bonds. The maximum Gasteiger partial charge on any atom is 0.276 e. The van der Waals surface area contributed by atoms with Gasteiger partial charge in [-0.15, -0.1) is 0 Å². The molecular formula is C16H14N2O2. The van der Waals surface area contributed by atoms with Crippen LogP contribution in [0.15, 0.2) is 42.5 Å². The van der Waals surface area contributed by atoms with Crippen molar-refractivity contribution >= 4 is 17.4 Å². The topological polar surface area (TPSA) is 50.3 Å². The molecular weight excluding hydrogens is 252 g/mol. The highest BCUT2D eigenvalue weighted by atomic mass is 16.2. The SMILES string of the molecule is Cc1cccc(C(=O)N2CCC(=O)c3ccccc32)n1. The van der Waals surface area contributed by atoms with Crippen LogP contribution in [-0.2, 0) is 0 Å². The largest absolute Gasteiger partial charge is 0.306 e. The van der Waals surface area contributed by atoms with Crippen molar-refractivity contribution in [1.82, 2.24) is 4.98 Å². The molecule has 3 rings (SSSR count). The highest BCUT2D eigenvalue weighted by Crippen LogP contribution is 2.27. The van der Waals surface area contributed by atoms with Gasteiger partial charge in [0.15, 0.2) is 5.78 Å². The molecule has 4 nitrogen and oxygen atoms in total. The summed E-state index contributed by atoms with van der Waals surface area (Å²) in [4.78, 5) is 30.4. The van der Waals surface area contributed by atoms with Crippen molar-refractivity contribution in [1.29, 1.82) is 0 Å². The first-order chi connectivity index (χ1) is 9.66. The normalized spacial score (nSPS) is 14.1. The van der Waals surface area contributed by atoms with Gasteiger partial charge >= 0.3 is 0 Å². The van der Waals surface area contributed by atoms with Crippen LogP contribution in [0.25, 0.3) is 0 Å². The molecule has 0 unspecified atom stereocenters. The Kier molecular flexibility index (Phi) is 3.06. The summed E-state index contributed by atoms with van der Waals surface area (Å²) >= 11 is 0. The van der Waals surface area contributed by atoms with Gasteiger partial charge in [0, 0.05) is 24.2 Å². The molecule has 0 saturated heterocycles. The summed E-state index contributed by atoms with van der Waals surface area (Å²) in [6, 6.07) is 12.6. The minimum Gasteiger partial charge on any atom is -0.306 e. The molecule has 4 heteroatoms. The second-order valence-corrected chi connectivity index (χ2v) is 4.81. The Bertz CT molecular complexity index is 694. The number of fused-ring (bicyclic) bond motifs is 1. The van der Waals surface area contributed by atoms with Crippen molar-refractivity contribution in [3.05, 3.63) is 59.4 Å². The number of rotatable bonds is 1. The number of pyridine rings is 1. The highest BCUT2D eigenvalue weighted by molar-refractivity contribution is 6.12. The molecule has 0 bridgehead atoms. The molecule has 1 aliphatic rings. The summed E-state index contributed by atoms with van der Waals surface area (Å²) in [6.45, 7) is 2.26. The molecule has 1 aromatic heterocycles. The number of nitrogens with zero attached hydrogens (tertiary/aromatic N) is 2. The van der Waals surface area contributed by atoms with Crippen LogP contribution in [0.1, 0.15) is 33.0 Å². The summed E-state index contributed by atoms with van der Waals surface area (Å²) in [6.07, 6.45) is 0.356. The van der Waals surface area contributed by atoms with Crippen LogP contribution in [0.5, 0.6) is 0 Å². The maximum absolute atomic E-state index is 12.6. The quantitative estimate of drug-likeness (QED) is 0.797. The average molecular weight is 266 g/mol. The summed E-state index contributed by atoms with van der Waals surface area (Å²) < 4.78 is 0. The van der Waals surface area contributed by atoms with Gasteiger partial charge in [0.25, 0.3) is 5.91 Å². The Balaban J connectivity index is 2.01. The van der Waals surface area contributed by atoms with Crippen molar-refractivity contribution in [3.8, 4) is 0 Å². The lowest BCUT2D eigenvalue weighted by Crippen LogP contribution is -2.37. The number of hydrogen-bond acceptors (Lipinski definition) is 3. The van der Waals surface area contributed by atoms with Crippen LogP contribution in [-0.4, -0.2) is 23.2 Å². The second-order valence-electron chi connectivity index (χ2n) is 4.81. The number of carbonyl (C=O) groups excluding carboxylic acids is 2. The lowest BCUT2D eigenvalue weighted by molar-refractivity contribution is 0.0952. The fourth-order valence-electron chi connectivity index (χ4n) is 2.42. The van der Waals surface area contributed by atoms with Gasteiger partial charge in [-0.1, -0.05) is 18.2 Å². The van der Waals surface area contributed by atoms with Crippen molar-refractivity contribution in [2.24, 2.45) is 0 Å². The molecule has 100 valence electrons. The van der Waals surface area contributed by atoms with Gasteiger partial charge in [0.2, 0.25) is 0 Å². The number of hydrogen-bond donors (Lipinski definition) is 0. The Labute approximate surface area is 117 Å². The van der Waals surface area contributed by atoms with E-state index < -0.39 is 0 Å². The van der Waals surface area contributed by atoms with E-state index in [9.17, 15) is 9.59 Å². The summed E-state index contributed by atoms with van der Waals surface area (Å²) in [5, 5.41) is 0. The van der Waals surface area contributed by atoms with Gasteiger partial charge in [-0.3, -0.25) is 9.59 Å². The number of benzene rings is 1. The van der Waals surface area contributed by atoms with Crippen molar-refractivity contribution in [2.75, 3.05) is 11.4 Å². The highest BCUT2D eigenvalue weighted by Gasteiger charge is 2.28. The standard InChI is InChI=1S/C16H14N2O2/c1-11-5-4-7-13(17-11)16(20)18-10-9-15(19)12-6-2-3-8-14(12)18/h2-8H,9-10H2,1H3. The Hall–Kier alpha value is -2.49. The van der Waals surface area contributed by atoms with Crippen LogP contribution in [0.3, 0.4) is 0 Å².